The lowest BCUT2D eigenvalue weighted by Crippen LogP contribution is -2.45. The summed E-state index contributed by atoms with van der Waals surface area (Å²) >= 11 is 0. The van der Waals surface area contributed by atoms with Gasteiger partial charge >= 0.3 is 5.97 Å². The van der Waals surface area contributed by atoms with Gasteiger partial charge in [0, 0.05) is 0 Å². The molecule has 98 valence electrons. The molecule has 0 heterocycles. The van der Waals surface area contributed by atoms with Crippen molar-refractivity contribution in [2.45, 2.75) is 26.3 Å². The molecular formula is C14H19NO3. The Bertz CT molecular complexity index is 401. The van der Waals surface area contributed by atoms with Gasteiger partial charge in [-0.05, 0) is 11.5 Å². The van der Waals surface area contributed by atoms with Crippen LogP contribution in [0.15, 0.2) is 30.3 Å². The third-order valence-corrected chi connectivity index (χ3v) is 2.65. The number of benzene rings is 1. The second-order valence-electron chi connectivity index (χ2n) is 4.47. The molecule has 0 aromatic heterocycles. The lowest BCUT2D eigenvalue weighted by Gasteiger charge is -2.19. The van der Waals surface area contributed by atoms with Crippen molar-refractivity contribution in [1.29, 1.82) is 0 Å². The van der Waals surface area contributed by atoms with Crippen LogP contribution in [0.4, 0.5) is 0 Å². The van der Waals surface area contributed by atoms with Gasteiger partial charge in [-0.1, -0.05) is 44.2 Å². The number of amides is 1. The summed E-state index contributed by atoms with van der Waals surface area (Å²) in [7, 11) is 1.32. The van der Waals surface area contributed by atoms with Gasteiger partial charge in [-0.25, -0.2) is 4.79 Å². The highest BCUT2D eigenvalue weighted by Gasteiger charge is 2.24. The summed E-state index contributed by atoms with van der Waals surface area (Å²) in [5.41, 5.74) is 0.919. The van der Waals surface area contributed by atoms with Gasteiger partial charge in [0.25, 0.3) is 0 Å². The van der Waals surface area contributed by atoms with E-state index in [1.807, 2.05) is 44.2 Å². The first-order chi connectivity index (χ1) is 8.54. The predicted molar refractivity (Wildman–Crippen MR) is 68.9 cm³/mol. The Morgan fingerprint density at radius 2 is 1.83 bits per heavy atom. The molecule has 0 aliphatic rings. The van der Waals surface area contributed by atoms with Gasteiger partial charge in [0.15, 0.2) is 0 Å². The van der Waals surface area contributed by atoms with Crippen molar-refractivity contribution in [1.82, 2.24) is 5.32 Å². The first kappa shape index (κ1) is 14.2. The van der Waals surface area contributed by atoms with Gasteiger partial charge in [-0.2, -0.15) is 0 Å². The Hall–Kier alpha value is -1.84. The average molecular weight is 249 g/mol. The Balaban J connectivity index is 2.60. The van der Waals surface area contributed by atoms with E-state index in [-0.39, 0.29) is 18.2 Å². The number of hydrogen-bond acceptors (Lipinski definition) is 3. The summed E-state index contributed by atoms with van der Waals surface area (Å²) in [5, 5.41) is 2.70. The highest BCUT2D eigenvalue weighted by Crippen LogP contribution is 2.05. The van der Waals surface area contributed by atoms with Crippen molar-refractivity contribution in [3.63, 3.8) is 0 Å². The van der Waals surface area contributed by atoms with Gasteiger partial charge in [0.05, 0.1) is 13.5 Å². The molecule has 1 N–H and O–H groups in total. The molecule has 0 bridgehead atoms. The van der Waals surface area contributed by atoms with Crippen molar-refractivity contribution in [2.75, 3.05) is 7.11 Å². The first-order valence-corrected chi connectivity index (χ1v) is 5.95. The van der Waals surface area contributed by atoms with E-state index in [4.69, 9.17) is 0 Å². The minimum Gasteiger partial charge on any atom is -0.467 e. The Kier molecular flexibility index (Phi) is 5.36. The summed E-state index contributed by atoms with van der Waals surface area (Å²) in [5.74, 6) is -0.589. The molecular weight excluding hydrogens is 230 g/mol. The number of methoxy groups -OCH3 is 1. The van der Waals surface area contributed by atoms with Crippen LogP contribution in [0.25, 0.3) is 0 Å². The second-order valence-corrected chi connectivity index (χ2v) is 4.47. The van der Waals surface area contributed by atoms with Crippen LogP contribution in [0, 0.1) is 5.92 Å². The number of carbonyl (C=O) groups excluding carboxylic acids is 2. The maximum absolute atomic E-state index is 11.8. The largest absolute Gasteiger partial charge is 0.467 e. The quantitative estimate of drug-likeness (QED) is 0.805. The molecule has 0 aliphatic carbocycles. The lowest BCUT2D eigenvalue weighted by atomic mass is 10.0. The number of rotatable bonds is 5. The van der Waals surface area contributed by atoms with Crippen LogP contribution in [-0.4, -0.2) is 25.0 Å². The molecule has 0 saturated carbocycles. The predicted octanol–water partition coefficient (Wildman–Crippen LogP) is 1.54. The SMILES string of the molecule is COC(=O)[C@@H](NC(=O)Cc1ccccc1)C(C)C. The van der Waals surface area contributed by atoms with Crippen molar-refractivity contribution < 1.29 is 14.3 Å². The van der Waals surface area contributed by atoms with E-state index < -0.39 is 12.0 Å². The lowest BCUT2D eigenvalue weighted by molar-refractivity contribution is -0.146. The molecule has 0 radical (unpaired) electrons. The molecule has 0 unspecified atom stereocenters. The Morgan fingerprint density at radius 1 is 1.22 bits per heavy atom. The van der Waals surface area contributed by atoms with Crippen LogP contribution in [0.2, 0.25) is 0 Å². The van der Waals surface area contributed by atoms with Crippen molar-refractivity contribution in [3.8, 4) is 0 Å². The van der Waals surface area contributed by atoms with Crippen LogP contribution < -0.4 is 5.32 Å². The highest BCUT2D eigenvalue weighted by molar-refractivity contribution is 5.85. The topological polar surface area (TPSA) is 55.4 Å². The van der Waals surface area contributed by atoms with Crippen LogP contribution >= 0.6 is 0 Å². The fourth-order valence-corrected chi connectivity index (χ4v) is 1.63. The van der Waals surface area contributed by atoms with E-state index in [0.29, 0.717) is 0 Å². The van der Waals surface area contributed by atoms with Crippen LogP contribution in [0.1, 0.15) is 19.4 Å². The Morgan fingerprint density at radius 3 is 2.33 bits per heavy atom. The minimum atomic E-state index is -0.591. The molecule has 0 fully saturated rings. The molecule has 18 heavy (non-hydrogen) atoms. The average Bonchev–Trinajstić information content (AvgIpc) is 2.36. The van der Waals surface area contributed by atoms with Crippen LogP contribution in [0.5, 0.6) is 0 Å². The normalized spacial score (nSPS) is 12.0. The molecule has 4 heteroatoms. The molecule has 1 amide bonds. The van der Waals surface area contributed by atoms with E-state index in [2.05, 4.69) is 10.1 Å². The molecule has 1 aromatic rings. The zero-order chi connectivity index (χ0) is 13.5. The number of nitrogens with one attached hydrogen (secondary N) is 1. The van der Waals surface area contributed by atoms with E-state index >= 15 is 0 Å². The van der Waals surface area contributed by atoms with Gasteiger partial charge in [-0.15, -0.1) is 0 Å². The molecule has 0 aliphatic heterocycles. The fourth-order valence-electron chi connectivity index (χ4n) is 1.63. The maximum Gasteiger partial charge on any atom is 0.328 e. The highest BCUT2D eigenvalue weighted by atomic mass is 16.5. The van der Waals surface area contributed by atoms with Crippen molar-refractivity contribution in [3.05, 3.63) is 35.9 Å². The monoisotopic (exact) mass is 249 g/mol. The summed E-state index contributed by atoms with van der Waals surface area (Å²) in [4.78, 5) is 23.3. The smallest absolute Gasteiger partial charge is 0.328 e. The molecule has 0 spiro atoms. The summed E-state index contributed by atoms with van der Waals surface area (Å²) in [6.07, 6.45) is 0.265. The third kappa shape index (κ3) is 4.20. The summed E-state index contributed by atoms with van der Waals surface area (Å²) in [6.45, 7) is 3.73. The van der Waals surface area contributed by atoms with E-state index in [1.165, 1.54) is 7.11 Å². The zero-order valence-corrected chi connectivity index (χ0v) is 11.0. The van der Waals surface area contributed by atoms with Crippen molar-refractivity contribution in [2.24, 2.45) is 5.92 Å². The number of carbonyl (C=O) groups is 2. The van der Waals surface area contributed by atoms with Gasteiger partial charge in [-0.3, -0.25) is 4.79 Å². The summed E-state index contributed by atoms with van der Waals surface area (Å²) < 4.78 is 4.67. The standard InChI is InChI=1S/C14H19NO3/c1-10(2)13(14(17)18-3)15-12(16)9-11-7-5-4-6-8-11/h4-8,10,13H,9H2,1-3H3,(H,15,16)/t13-/m0/s1. The zero-order valence-electron chi connectivity index (χ0n) is 11.0. The molecule has 1 atom stereocenters. The van der Waals surface area contributed by atoms with E-state index in [1.54, 1.807) is 0 Å². The molecule has 1 aromatic carbocycles. The summed E-state index contributed by atoms with van der Waals surface area (Å²) in [6, 6.07) is 8.81. The number of esters is 1. The van der Waals surface area contributed by atoms with Crippen molar-refractivity contribution >= 4 is 11.9 Å². The first-order valence-electron chi connectivity index (χ1n) is 5.95. The molecule has 4 nitrogen and oxygen atoms in total. The van der Waals surface area contributed by atoms with Gasteiger partial charge in [0.2, 0.25) is 5.91 Å². The van der Waals surface area contributed by atoms with E-state index in [9.17, 15) is 9.59 Å². The molecule has 1 rings (SSSR count). The van der Waals surface area contributed by atoms with Gasteiger partial charge < -0.3 is 10.1 Å². The maximum atomic E-state index is 11.8. The fraction of sp³-hybridized carbons (Fsp3) is 0.429. The molecule has 0 saturated heterocycles. The van der Waals surface area contributed by atoms with Crippen LogP contribution in [-0.2, 0) is 20.7 Å². The second kappa shape index (κ2) is 6.79. The number of hydrogen-bond donors (Lipinski definition) is 1. The van der Waals surface area contributed by atoms with E-state index in [0.717, 1.165) is 5.56 Å². The third-order valence-electron chi connectivity index (χ3n) is 2.65. The minimum absolute atomic E-state index is 0.00262. The Labute approximate surface area is 107 Å². The van der Waals surface area contributed by atoms with Crippen LogP contribution in [0.3, 0.4) is 0 Å². The van der Waals surface area contributed by atoms with Gasteiger partial charge in [0.1, 0.15) is 6.04 Å². The number of ether oxygens (including phenoxy) is 1.